The lowest BCUT2D eigenvalue weighted by Crippen LogP contribution is -2.27. The average Bonchev–Trinajstić information content (AvgIpc) is 2.57. The molecule has 4 nitrogen and oxygen atoms in total. The number of amides is 1. The number of unbranched alkanes of at least 4 members (excludes halogenated alkanes) is 1. The van der Waals surface area contributed by atoms with Gasteiger partial charge in [0.15, 0.2) is 0 Å². The van der Waals surface area contributed by atoms with E-state index in [0.29, 0.717) is 27.1 Å². The summed E-state index contributed by atoms with van der Waals surface area (Å²) in [5.74, 6) is 0.570. The van der Waals surface area contributed by atoms with Crippen molar-refractivity contribution in [1.82, 2.24) is 9.88 Å². The Bertz CT molecular complexity index is 674. The number of benzene rings is 1. The fraction of sp³-hybridized carbons (Fsp3) is 0.294. The number of anilines is 2. The van der Waals surface area contributed by atoms with Crippen molar-refractivity contribution in [2.75, 3.05) is 18.9 Å². The molecular weight excluding hydrogens is 333 g/mol. The van der Waals surface area contributed by atoms with Crippen LogP contribution in [0.3, 0.4) is 0 Å². The summed E-state index contributed by atoms with van der Waals surface area (Å²) in [7, 11) is 1.80. The SMILES string of the molecule is CCCCN(C)C(=O)c1ccc(Nc2cccc(Cl)c2Cl)nc1. The molecule has 0 aliphatic heterocycles. The Labute approximate surface area is 146 Å². The predicted molar refractivity (Wildman–Crippen MR) is 95.9 cm³/mol. The van der Waals surface area contributed by atoms with E-state index in [1.807, 2.05) is 6.07 Å². The van der Waals surface area contributed by atoms with Crippen molar-refractivity contribution >= 4 is 40.6 Å². The van der Waals surface area contributed by atoms with E-state index in [2.05, 4.69) is 17.2 Å². The van der Waals surface area contributed by atoms with Crippen molar-refractivity contribution in [3.63, 3.8) is 0 Å². The highest BCUT2D eigenvalue weighted by Gasteiger charge is 2.12. The van der Waals surface area contributed by atoms with E-state index in [-0.39, 0.29) is 5.91 Å². The fourth-order valence-corrected chi connectivity index (χ4v) is 2.40. The molecule has 0 aliphatic rings. The molecule has 0 spiro atoms. The molecule has 6 heteroatoms. The molecular formula is C17H19Cl2N3O. The van der Waals surface area contributed by atoms with Crippen LogP contribution in [-0.4, -0.2) is 29.4 Å². The van der Waals surface area contributed by atoms with Crippen molar-refractivity contribution in [1.29, 1.82) is 0 Å². The smallest absolute Gasteiger partial charge is 0.255 e. The van der Waals surface area contributed by atoms with Gasteiger partial charge in [0.05, 0.1) is 21.3 Å². The van der Waals surface area contributed by atoms with E-state index < -0.39 is 0 Å². The van der Waals surface area contributed by atoms with Crippen molar-refractivity contribution in [3.05, 3.63) is 52.1 Å². The van der Waals surface area contributed by atoms with Gasteiger partial charge in [-0.05, 0) is 30.7 Å². The van der Waals surface area contributed by atoms with E-state index in [4.69, 9.17) is 23.2 Å². The van der Waals surface area contributed by atoms with Crippen LogP contribution in [0.25, 0.3) is 0 Å². The molecule has 1 heterocycles. The molecule has 0 unspecified atom stereocenters. The topological polar surface area (TPSA) is 45.2 Å². The number of nitrogens with zero attached hydrogens (tertiary/aromatic N) is 2. The fourth-order valence-electron chi connectivity index (χ4n) is 2.05. The standard InChI is InChI=1S/C17H19Cl2N3O/c1-3-4-10-22(2)17(23)12-8-9-15(20-11-12)21-14-7-5-6-13(18)16(14)19/h5-9,11H,3-4,10H2,1-2H3,(H,20,21). The molecule has 0 radical (unpaired) electrons. The normalized spacial score (nSPS) is 10.4. The minimum Gasteiger partial charge on any atom is -0.342 e. The number of hydrogen-bond acceptors (Lipinski definition) is 3. The summed E-state index contributed by atoms with van der Waals surface area (Å²) in [6, 6.07) is 8.83. The van der Waals surface area contributed by atoms with Crippen LogP contribution in [-0.2, 0) is 0 Å². The van der Waals surface area contributed by atoms with E-state index >= 15 is 0 Å². The van der Waals surface area contributed by atoms with Gasteiger partial charge in [-0.2, -0.15) is 0 Å². The van der Waals surface area contributed by atoms with Crippen molar-refractivity contribution < 1.29 is 4.79 Å². The van der Waals surface area contributed by atoms with Crippen LogP contribution < -0.4 is 5.32 Å². The maximum Gasteiger partial charge on any atom is 0.255 e. The lowest BCUT2D eigenvalue weighted by molar-refractivity contribution is 0.0793. The maximum atomic E-state index is 12.2. The minimum atomic E-state index is -0.0294. The molecule has 0 bridgehead atoms. The molecule has 1 N–H and O–H groups in total. The summed E-state index contributed by atoms with van der Waals surface area (Å²) in [6.45, 7) is 2.84. The zero-order valence-electron chi connectivity index (χ0n) is 13.1. The van der Waals surface area contributed by atoms with Crippen LogP contribution in [0.4, 0.5) is 11.5 Å². The summed E-state index contributed by atoms with van der Waals surface area (Å²) in [5, 5.41) is 4.00. The summed E-state index contributed by atoms with van der Waals surface area (Å²) < 4.78 is 0. The lowest BCUT2D eigenvalue weighted by Gasteiger charge is -2.16. The second kappa shape index (κ2) is 8.18. The third kappa shape index (κ3) is 4.60. The second-order valence-corrected chi connectivity index (χ2v) is 6.02. The highest BCUT2D eigenvalue weighted by atomic mass is 35.5. The van der Waals surface area contributed by atoms with Gasteiger partial charge in [0.1, 0.15) is 5.82 Å². The van der Waals surface area contributed by atoms with Gasteiger partial charge in [-0.3, -0.25) is 4.79 Å². The zero-order valence-corrected chi connectivity index (χ0v) is 14.7. The average molecular weight is 352 g/mol. The Morgan fingerprint density at radius 3 is 2.70 bits per heavy atom. The molecule has 0 saturated heterocycles. The third-order valence-electron chi connectivity index (χ3n) is 3.42. The Hall–Kier alpha value is -1.78. The van der Waals surface area contributed by atoms with Crippen LogP contribution in [0.2, 0.25) is 10.0 Å². The van der Waals surface area contributed by atoms with Gasteiger partial charge in [-0.1, -0.05) is 42.6 Å². The molecule has 2 aromatic rings. The lowest BCUT2D eigenvalue weighted by atomic mass is 10.2. The van der Waals surface area contributed by atoms with E-state index in [0.717, 1.165) is 19.4 Å². The Morgan fingerprint density at radius 2 is 2.04 bits per heavy atom. The summed E-state index contributed by atoms with van der Waals surface area (Å²) in [4.78, 5) is 18.2. The number of aromatic nitrogens is 1. The number of rotatable bonds is 6. The van der Waals surface area contributed by atoms with Gasteiger partial charge in [0.25, 0.3) is 5.91 Å². The van der Waals surface area contributed by atoms with Crippen molar-refractivity contribution in [2.45, 2.75) is 19.8 Å². The molecule has 0 fully saturated rings. The van der Waals surface area contributed by atoms with E-state index in [1.54, 1.807) is 42.4 Å². The van der Waals surface area contributed by atoms with E-state index in [1.165, 1.54) is 0 Å². The number of halogens is 2. The predicted octanol–water partition coefficient (Wildman–Crippen LogP) is 5.00. The first-order valence-corrected chi connectivity index (χ1v) is 8.21. The summed E-state index contributed by atoms with van der Waals surface area (Å²) in [5.41, 5.74) is 1.23. The molecule has 0 atom stereocenters. The number of carbonyl (C=O) groups is 1. The Kier molecular flexibility index (Phi) is 6.25. The number of nitrogens with one attached hydrogen (secondary N) is 1. The maximum absolute atomic E-state index is 12.2. The number of pyridine rings is 1. The highest BCUT2D eigenvalue weighted by Crippen LogP contribution is 2.31. The first-order valence-electron chi connectivity index (χ1n) is 7.45. The Balaban J connectivity index is 2.07. The van der Waals surface area contributed by atoms with Gasteiger partial charge in [0.2, 0.25) is 0 Å². The molecule has 1 amide bonds. The first-order chi connectivity index (χ1) is 11.0. The first kappa shape index (κ1) is 17.6. The van der Waals surface area contributed by atoms with Gasteiger partial charge in [0, 0.05) is 19.8 Å². The molecule has 1 aromatic carbocycles. The molecule has 122 valence electrons. The molecule has 0 saturated carbocycles. The van der Waals surface area contributed by atoms with Crippen LogP contribution in [0.5, 0.6) is 0 Å². The number of carbonyl (C=O) groups excluding carboxylic acids is 1. The van der Waals surface area contributed by atoms with Gasteiger partial charge in [-0.25, -0.2) is 4.98 Å². The molecule has 23 heavy (non-hydrogen) atoms. The van der Waals surface area contributed by atoms with Crippen LogP contribution in [0.1, 0.15) is 30.1 Å². The number of hydrogen-bond donors (Lipinski definition) is 1. The Morgan fingerprint density at radius 1 is 1.26 bits per heavy atom. The molecule has 2 rings (SSSR count). The molecule has 0 aliphatic carbocycles. The van der Waals surface area contributed by atoms with Crippen LogP contribution in [0.15, 0.2) is 36.5 Å². The van der Waals surface area contributed by atoms with Crippen LogP contribution >= 0.6 is 23.2 Å². The quantitative estimate of drug-likeness (QED) is 0.795. The van der Waals surface area contributed by atoms with Crippen LogP contribution in [0, 0.1) is 0 Å². The molecule has 1 aromatic heterocycles. The van der Waals surface area contributed by atoms with Crippen molar-refractivity contribution in [3.8, 4) is 0 Å². The largest absolute Gasteiger partial charge is 0.342 e. The monoisotopic (exact) mass is 351 g/mol. The zero-order chi connectivity index (χ0) is 16.8. The highest BCUT2D eigenvalue weighted by molar-refractivity contribution is 6.43. The third-order valence-corrected chi connectivity index (χ3v) is 4.24. The van der Waals surface area contributed by atoms with Crippen molar-refractivity contribution in [2.24, 2.45) is 0 Å². The second-order valence-electron chi connectivity index (χ2n) is 5.24. The summed E-state index contributed by atoms with van der Waals surface area (Å²) in [6.07, 6.45) is 3.60. The van der Waals surface area contributed by atoms with Gasteiger partial charge < -0.3 is 10.2 Å². The van der Waals surface area contributed by atoms with Gasteiger partial charge in [-0.15, -0.1) is 0 Å². The van der Waals surface area contributed by atoms with E-state index in [9.17, 15) is 4.79 Å². The van der Waals surface area contributed by atoms with Gasteiger partial charge >= 0.3 is 0 Å². The minimum absolute atomic E-state index is 0.0294. The summed E-state index contributed by atoms with van der Waals surface area (Å²) >= 11 is 12.1.